The van der Waals surface area contributed by atoms with Crippen molar-refractivity contribution in [3.05, 3.63) is 23.8 Å². The lowest BCUT2D eigenvalue weighted by Gasteiger charge is -2.62. The van der Waals surface area contributed by atoms with Crippen LogP contribution in [0.5, 0.6) is 0 Å². The first kappa shape index (κ1) is 38.0. The minimum absolute atomic E-state index is 0.0258. The van der Waals surface area contributed by atoms with Crippen LogP contribution in [0, 0.1) is 34.5 Å². The topological polar surface area (TPSA) is 199 Å². The van der Waals surface area contributed by atoms with E-state index in [9.17, 15) is 24.3 Å². The van der Waals surface area contributed by atoms with Gasteiger partial charge in [0, 0.05) is 23.7 Å². The fourth-order valence-corrected chi connectivity index (χ4v) is 8.51. The lowest BCUT2D eigenvalue weighted by molar-refractivity contribution is -0.202. The highest BCUT2D eigenvalue weighted by Crippen LogP contribution is 2.70. The summed E-state index contributed by atoms with van der Waals surface area (Å²) in [6.45, 7) is 6.27. The Morgan fingerprint density at radius 1 is 1.13 bits per heavy atom. The molecule has 4 aliphatic rings. The lowest BCUT2D eigenvalue weighted by Crippen LogP contribution is -2.68. The van der Waals surface area contributed by atoms with E-state index in [4.69, 9.17) is 30.3 Å². The molecule has 0 aromatic heterocycles. The van der Waals surface area contributed by atoms with E-state index in [-0.39, 0.29) is 61.1 Å². The highest BCUT2D eigenvalue weighted by atomic mass is 19.1. The second kappa shape index (κ2) is 14.8. The van der Waals surface area contributed by atoms with Gasteiger partial charge in [-0.05, 0) is 67.6 Å². The maximum atomic E-state index is 17.1. The molecular weight excluding hydrogens is 610 g/mol. The minimum atomic E-state index is -2.15. The van der Waals surface area contributed by atoms with Crippen LogP contribution in [0.15, 0.2) is 23.8 Å². The zero-order valence-electron chi connectivity index (χ0n) is 26.7. The number of esters is 1. The molecule has 0 aromatic carbocycles. The number of Topliss-reactive ketones (excluding diaryl/α,β-unsaturated/α-hetero) is 1. The van der Waals surface area contributed by atoms with Crippen molar-refractivity contribution in [1.82, 2.24) is 0 Å². The van der Waals surface area contributed by atoms with Crippen LogP contribution in [0.3, 0.4) is 0 Å². The Labute approximate surface area is 267 Å². The molecular formula is C33H48F2O11. The molecule has 13 atom stereocenters. The molecule has 0 spiro atoms. The fourth-order valence-electron chi connectivity index (χ4n) is 8.51. The van der Waals surface area contributed by atoms with Crippen molar-refractivity contribution in [3.8, 4) is 0 Å². The molecule has 0 bridgehead atoms. The SMILES string of the molecule is CCCCC(=O)OCC(=O)[C@H]1[C@H](C)C[C@H]2[C@@H]3C[C@H](F)C4=CC(=O)C=C[C@]4(C)[C@@]3(F)[C@@H](O)C[C@@]21C.O=C[C@H](O)[C@@H](O)[C@H](O)[C@H](O)CO. The van der Waals surface area contributed by atoms with Crippen molar-refractivity contribution in [2.75, 3.05) is 13.2 Å². The zero-order chi connectivity index (χ0) is 34.8. The van der Waals surface area contributed by atoms with Crippen LogP contribution in [0.25, 0.3) is 0 Å². The fraction of sp³-hybridized carbons (Fsp3) is 0.758. The Kier molecular flexibility index (Phi) is 12.2. The van der Waals surface area contributed by atoms with Crippen molar-refractivity contribution in [2.45, 2.75) is 109 Å². The summed E-state index contributed by atoms with van der Waals surface area (Å²) < 4.78 is 37.7. The number of ether oxygens (including phenoxy) is 1. The second-order valence-electron chi connectivity index (χ2n) is 13.7. The number of halogens is 2. The maximum Gasteiger partial charge on any atom is 0.306 e. The number of allylic oxidation sites excluding steroid dienone is 4. The number of unbranched alkanes of at least 4 members (excludes halogenated alkanes) is 1. The standard InChI is InChI=1S/C27H36F2O5.C6H12O6/c1-5-6-7-23(33)34-14-21(31)24-15(2)10-17-18-12-20(28)19-11-16(30)8-9-26(19,4)27(18,29)22(32)13-25(17,24)3;7-1-3(9)5(11)6(12)4(10)2-8/h8-9,11,15,17-18,20,22,24,32H,5-7,10,12-14H2,1-4H3;1,3-6,8-12H,2H2/t15-,17+,18+,20+,22+,24-,25+,26+,27+;3-,4+,5+,6+/m10/s1. The van der Waals surface area contributed by atoms with E-state index in [1.165, 1.54) is 18.2 Å². The summed E-state index contributed by atoms with van der Waals surface area (Å²) in [5.74, 6) is -2.75. The molecule has 0 amide bonds. The van der Waals surface area contributed by atoms with Crippen molar-refractivity contribution >= 4 is 23.8 Å². The lowest BCUT2D eigenvalue weighted by atomic mass is 9.45. The van der Waals surface area contributed by atoms with Gasteiger partial charge in [0.2, 0.25) is 0 Å². The van der Waals surface area contributed by atoms with Gasteiger partial charge in [-0.25, -0.2) is 8.78 Å². The van der Waals surface area contributed by atoms with Gasteiger partial charge in [0.1, 0.15) is 37.2 Å². The van der Waals surface area contributed by atoms with E-state index < -0.39 is 77.6 Å². The number of rotatable bonds is 11. The van der Waals surface area contributed by atoms with Crippen LogP contribution in [0.4, 0.5) is 8.78 Å². The van der Waals surface area contributed by atoms with Crippen LogP contribution in [-0.4, -0.2) is 110 Å². The van der Waals surface area contributed by atoms with E-state index >= 15 is 8.78 Å². The summed E-state index contributed by atoms with van der Waals surface area (Å²) in [6, 6.07) is 0. The van der Waals surface area contributed by atoms with Gasteiger partial charge < -0.3 is 40.2 Å². The molecule has 13 heteroatoms. The van der Waals surface area contributed by atoms with Gasteiger partial charge in [0.25, 0.3) is 0 Å². The van der Waals surface area contributed by atoms with Gasteiger partial charge in [-0.2, -0.15) is 0 Å². The van der Waals surface area contributed by atoms with Gasteiger partial charge in [-0.15, -0.1) is 0 Å². The third kappa shape index (κ3) is 6.77. The number of aliphatic hydroxyl groups is 6. The number of aldehydes is 1. The molecule has 4 aliphatic carbocycles. The Morgan fingerprint density at radius 2 is 1.78 bits per heavy atom. The minimum Gasteiger partial charge on any atom is -0.458 e. The number of carbonyl (C=O) groups excluding carboxylic acids is 4. The number of hydrogen-bond acceptors (Lipinski definition) is 11. The van der Waals surface area contributed by atoms with E-state index in [0.717, 1.165) is 6.42 Å². The van der Waals surface area contributed by atoms with E-state index in [2.05, 4.69) is 0 Å². The molecule has 4 rings (SSSR count). The second-order valence-corrected chi connectivity index (χ2v) is 13.7. The zero-order valence-corrected chi connectivity index (χ0v) is 26.7. The monoisotopic (exact) mass is 658 g/mol. The summed E-state index contributed by atoms with van der Waals surface area (Å²) in [5, 5.41) is 54.8. The predicted molar refractivity (Wildman–Crippen MR) is 159 cm³/mol. The molecule has 11 nitrogen and oxygen atoms in total. The van der Waals surface area contributed by atoms with Crippen LogP contribution < -0.4 is 0 Å². The molecule has 0 radical (unpaired) electrons. The third-order valence-electron chi connectivity index (χ3n) is 10.8. The van der Waals surface area contributed by atoms with Crippen LogP contribution in [-0.2, 0) is 23.9 Å². The van der Waals surface area contributed by atoms with Crippen molar-refractivity contribution < 1.29 is 63.3 Å². The number of ketones is 2. The average molecular weight is 659 g/mol. The van der Waals surface area contributed by atoms with E-state index in [0.29, 0.717) is 12.8 Å². The Morgan fingerprint density at radius 3 is 2.37 bits per heavy atom. The number of carbonyl (C=O) groups is 4. The summed E-state index contributed by atoms with van der Waals surface area (Å²) in [6.07, 6.45) is -3.64. The maximum absolute atomic E-state index is 17.1. The van der Waals surface area contributed by atoms with E-state index in [1.807, 2.05) is 20.8 Å². The summed E-state index contributed by atoms with van der Waals surface area (Å²) in [4.78, 5) is 47.0. The Balaban J connectivity index is 0.000000409. The molecule has 0 unspecified atom stereocenters. The molecule has 46 heavy (non-hydrogen) atoms. The number of aliphatic hydroxyl groups excluding tert-OH is 6. The number of alkyl halides is 2. The molecule has 0 aliphatic heterocycles. The Hall–Kier alpha value is -2.42. The van der Waals surface area contributed by atoms with E-state index in [1.54, 1.807) is 6.92 Å². The predicted octanol–water partition coefficient (Wildman–Crippen LogP) is 1.09. The molecule has 0 aromatic rings. The van der Waals surface area contributed by atoms with Crippen molar-refractivity contribution in [2.24, 2.45) is 34.5 Å². The first-order valence-corrected chi connectivity index (χ1v) is 15.9. The summed E-state index contributed by atoms with van der Waals surface area (Å²) in [7, 11) is 0. The molecule has 0 saturated heterocycles. The van der Waals surface area contributed by atoms with Gasteiger partial charge >= 0.3 is 5.97 Å². The van der Waals surface area contributed by atoms with Gasteiger partial charge in [0.15, 0.2) is 23.5 Å². The normalized spacial score (nSPS) is 38.9. The Bertz CT molecular complexity index is 1210. The first-order chi connectivity index (χ1) is 21.4. The van der Waals surface area contributed by atoms with Gasteiger partial charge in [-0.3, -0.25) is 14.4 Å². The highest BCUT2D eigenvalue weighted by Gasteiger charge is 2.73. The van der Waals surface area contributed by atoms with Crippen molar-refractivity contribution in [1.29, 1.82) is 0 Å². The molecule has 260 valence electrons. The summed E-state index contributed by atoms with van der Waals surface area (Å²) in [5.41, 5.74) is -4.21. The van der Waals surface area contributed by atoms with Gasteiger partial charge in [-0.1, -0.05) is 33.3 Å². The summed E-state index contributed by atoms with van der Waals surface area (Å²) >= 11 is 0. The average Bonchev–Trinajstić information content (AvgIpc) is 3.29. The quantitative estimate of drug-likeness (QED) is 0.137. The number of fused-ring (bicyclic) bond motifs is 5. The third-order valence-corrected chi connectivity index (χ3v) is 10.8. The van der Waals surface area contributed by atoms with Crippen molar-refractivity contribution in [3.63, 3.8) is 0 Å². The first-order valence-electron chi connectivity index (χ1n) is 15.9. The largest absolute Gasteiger partial charge is 0.458 e. The smallest absolute Gasteiger partial charge is 0.306 e. The van der Waals surface area contributed by atoms with Crippen LogP contribution >= 0.6 is 0 Å². The van der Waals surface area contributed by atoms with Gasteiger partial charge in [0.05, 0.1) is 12.7 Å². The molecule has 3 fully saturated rings. The van der Waals surface area contributed by atoms with Crippen LogP contribution in [0.1, 0.15) is 66.2 Å². The van der Waals surface area contributed by atoms with Crippen LogP contribution in [0.2, 0.25) is 0 Å². The molecule has 3 saturated carbocycles. The molecule has 6 N–H and O–H groups in total. The molecule has 0 heterocycles. The number of hydrogen-bond donors (Lipinski definition) is 6. The highest BCUT2D eigenvalue weighted by molar-refractivity contribution is 6.01.